The highest BCUT2D eigenvalue weighted by Gasteiger charge is 2.30. The molecule has 4 nitrogen and oxygen atoms in total. The molecule has 1 fully saturated rings. The van der Waals surface area contributed by atoms with E-state index in [9.17, 15) is 4.79 Å². The molecule has 0 aliphatic heterocycles. The molecule has 5 heteroatoms. The molecule has 1 aromatic heterocycles. The van der Waals surface area contributed by atoms with Crippen LogP contribution in [0, 0.1) is 12.8 Å². The topological polar surface area (TPSA) is 55.1 Å². The van der Waals surface area contributed by atoms with Gasteiger partial charge in [-0.2, -0.15) is 0 Å². The van der Waals surface area contributed by atoms with Crippen molar-refractivity contribution in [3.05, 3.63) is 47.0 Å². The summed E-state index contributed by atoms with van der Waals surface area (Å²) in [5, 5.41) is 3.39. The van der Waals surface area contributed by atoms with Gasteiger partial charge in [0, 0.05) is 11.5 Å². The predicted octanol–water partition coefficient (Wildman–Crippen LogP) is 4.81. The third-order valence-electron chi connectivity index (χ3n) is 3.96. The first-order valence-electron chi connectivity index (χ1n) is 7.58. The van der Waals surface area contributed by atoms with Crippen LogP contribution in [0.4, 0.5) is 5.69 Å². The fourth-order valence-corrected chi connectivity index (χ4v) is 2.66. The van der Waals surface area contributed by atoms with Gasteiger partial charge in [0.15, 0.2) is 5.58 Å². The molecule has 0 radical (unpaired) electrons. The average Bonchev–Trinajstić information content (AvgIpc) is 3.29. The SMILES string of the molecule is Cc1ccc2oc(-c3ccc(Cl)c(NC(=O)C4CC4)c3)nc2c1. The van der Waals surface area contributed by atoms with Crippen molar-refractivity contribution in [1.29, 1.82) is 0 Å². The van der Waals surface area contributed by atoms with Crippen LogP contribution in [0.1, 0.15) is 18.4 Å². The molecule has 0 unspecified atom stereocenters. The summed E-state index contributed by atoms with van der Waals surface area (Å²) in [6, 6.07) is 11.3. The monoisotopic (exact) mass is 326 g/mol. The Hall–Kier alpha value is -2.33. The Bertz CT molecular complexity index is 913. The van der Waals surface area contributed by atoms with Crippen molar-refractivity contribution in [2.24, 2.45) is 5.92 Å². The molecular formula is C18H15ClN2O2. The Kier molecular flexibility index (Phi) is 3.34. The standard InChI is InChI=1S/C18H15ClN2O2/c1-10-2-7-16-15(8-10)21-18(23-16)12-5-6-13(19)14(9-12)20-17(22)11-3-4-11/h2,5-9,11H,3-4H2,1H3,(H,20,22). The normalized spacial score (nSPS) is 14.2. The molecule has 1 aliphatic carbocycles. The summed E-state index contributed by atoms with van der Waals surface area (Å²) in [5.41, 5.74) is 4.07. The summed E-state index contributed by atoms with van der Waals surface area (Å²) in [4.78, 5) is 16.5. The van der Waals surface area contributed by atoms with Crippen molar-refractivity contribution < 1.29 is 9.21 Å². The molecule has 1 amide bonds. The van der Waals surface area contributed by atoms with Crippen molar-refractivity contribution in [2.75, 3.05) is 5.32 Å². The lowest BCUT2D eigenvalue weighted by atomic mass is 10.2. The molecule has 2 aromatic carbocycles. The number of oxazole rings is 1. The van der Waals surface area contributed by atoms with Gasteiger partial charge >= 0.3 is 0 Å². The number of amides is 1. The first kappa shape index (κ1) is 14.3. The highest BCUT2D eigenvalue weighted by Crippen LogP contribution is 2.34. The molecule has 1 saturated carbocycles. The summed E-state index contributed by atoms with van der Waals surface area (Å²) in [5.74, 6) is 0.670. The minimum absolute atomic E-state index is 0.0252. The third kappa shape index (κ3) is 2.82. The minimum atomic E-state index is 0.0252. The lowest BCUT2D eigenvalue weighted by molar-refractivity contribution is -0.117. The van der Waals surface area contributed by atoms with Gasteiger partial charge in [0.05, 0.1) is 10.7 Å². The van der Waals surface area contributed by atoms with Crippen molar-refractivity contribution in [3.8, 4) is 11.5 Å². The Labute approximate surface area is 138 Å². The van der Waals surface area contributed by atoms with E-state index in [0.29, 0.717) is 16.6 Å². The maximum absolute atomic E-state index is 11.9. The van der Waals surface area contributed by atoms with Gasteiger partial charge in [0.2, 0.25) is 11.8 Å². The first-order valence-corrected chi connectivity index (χ1v) is 7.96. The van der Waals surface area contributed by atoms with Gasteiger partial charge in [-0.3, -0.25) is 4.79 Å². The number of aryl methyl sites for hydroxylation is 1. The highest BCUT2D eigenvalue weighted by molar-refractivity contribution is 6.33. The van der Waals surface area contributed by atoms with Crippen LogP contribution in [-0.4, -0.2) is 10.9 Å². The molecule has 3 aromatic rings. The van der Waals surface area contributed by atoms with E-state index in [4.69, 9.17) is 16.0 Å². The van der Waals surface area contributed by atoms with Gasteiger partial charge in [-0.15, -0.1) is 0 Å². The third-order valence-corrected chi connectivity index (χ3v) is 4.29. The van der Waals surface area contributed by atoms with Crippen LogP contribution in [0.2, 0.25) is 5.02 Å². The van der Waals surface area contributed by atoms with E-state index in [-0.39, 0.29) is 11.8 Å². The number of carbonyl (C=O) groups is 1. The molecule has 116 valence electrons. The molecule has 0 spiro atoms. The molecule has 4 rings (SSSR count). The zero-order valence-electron chi connectivity index (χ0n) is 12.6. The van der Waals surface area contributed by atoms with Crippen LogP contribution in [0.5, 0.6) is 0 Å². The Morgan fingerprint density at radius 3 is 2.87 bits per heavy atom. The van der Waals surface area contributed by atoms with Gasteiger partial charge in [-0.1, -0.05) is 17.7 Å². The van der Waals surface area contributed by atoms with Crippen LogP contribution in [0.3, 0.4) is 0 Å². The summed E-state index contributed by atoms with van der Waals surface area (Å²) in [7, 11) is 0. The summed E-state index contributed by atoms with van der Waals surface area (Å²) in [6.07, 6.45) is 1.90. The fraction of sp³-hybridized carbons (Fsp3) is 0.222. The van der Waals surface area contributed by atoms with Gasteiger partial charge in [0.25, 0.3) is 0 Å². The van der Waals surface area contributed by atoms with E-state index in [1.807, 2.05) is 31.2 Å². The molecule has 1 heterocycles. The van der Waals surface area contributed by atoms with E-state index in [2.05, 4.69) is 10.3 Å². The number of hydrogen-bond acceptors (Lipinski definition) is 3. The number of aromatic nitrogens is 1. The molecular weight excluding hydrogens is 312 g/mol. The average molecular weight is 327 g/mol. The second-order valence-corrected chi connectivity index (χ2v) is 6.36. The van der Waals surface area contributed by atoms with Crippen molar-refractivity contribution in [3.63, 3.8) is 0 Å². The van der Waals surface area contributed by atoms with E-state index in [0.717, 1.165) is 35.1 Å². The number of anilines is 1. The molecule has 1 aliphatic rings. The molecule has 1 N–H and O–H groups in total. The molecule has 23 heavy (non-hydrogen) atoms. The van der Waals surface area contributed by atoms with E-state index < -0.39 is 0 Å². The Balaban J connectivity index is 1.70. The van der Waals surface area contributed by atoms with Crippen LogP contribution < -0.4 is 5.32 Å². The van der Waals surface area contributed by atoms with Gasteiger partial charge in [-0.05, 0) is 55.7 Å². The lowest BCUT2D eigenvalue weighted by Crippen LogP contribution is -2.13. The number of carbonyl (C=O) groups excluding carboxylic acids is 1. The first-order chi connectivity index (χ1) is 11.1. The van der Waals surface area contributed by atoms with E-state index >= 15 is 0 Å². The summed E-state index contributed by atoms with van der Waals surface area (Å²) in [6.45, 7) is 2.02. The minimum Gasteiger partial charge on any atom is -0.436 e. The summed E-state index contributed by atoms with van der Waals surface area (Å²) < 4.78 is 5.80. The largest absolute Gasteiger partial charge is 0.436 e. The van der Waals surface area contributed by atoms with E-state index in [1.165, 1.54) is 0 Å². The second-order valence-electron chi connectivity index (χ2n) is 5.95. The van der Waals surface area contributed by atoms with Gasteiger partial charge in [-0.25, -0.2) is 4.98 Å². The number of halogens is 1. The number of hydrogen-bond donors (Lipinski definition) is 1. The fourth-order valence-electron chi connectivity index (χ4n) is 2.50. The lowest BCUT2D eigenvalue weighted by Gasteiger charge is -2.07. The smallest absolute Gasteiger partial charge is 0.227 e. The van der Waals surface area contributed by atoms with Crippen molar-refractivity contribution in [1.82, 2.24) is 4.98 Å². The Morgan fingerprint density at radius 1 is 1.26 bits per heavy atom. The second kappa shape index (κ2) is 5.39. The zero-order chi connectivity index (χ0) is 16.0. The van der Waals surface area contributed by atoms with Crippen molar-refractivity contribution >= 4 is 34.3 Å². The number of nitrogens with one attached hydrogen (secondary N) is 1. The number of nitrogens with zero attached hydrogens (tertiary/aromatic N) is 1. The van der Waals surface area contributed by atoms with Gasteiger partial charge < -0.3 is 9.73 Å². The number of benzene rings is 2. The van der Waals surface area contributed by atoms with Gasteiger partial charge in [0.1, 0.15) is 5.52 Å². The number of rotatable bonds is 3. The van der Waals surface area contributed by atoms with Crippen LogP contribution in [0.15, 0.2) is 40.8 Å². The predicted molar refractivity (Wildman–Crippen MR) is 90.5 cm³/mol. The molecule has 0 bridgehead atoms. The highest BCUT2D eigenvalue weighted by atomic mass is 35.5. The van der Waals surface area contributed by atoms with Crippen LogP contribution in [0.25, 0.3) is 22.6 Å². The van der Waals surface area contributed by atoms with Crippen LogP contribution >= 0.6 is 11.6 Å². The Morgan fingerprint density at radius 2 is 2.09 bits per heavy atom. The van der Waals surface area contributed by atoms with E-state index in [1.54, 1.807) is 12.1 Å². The molecule has 0 atom stereocenters. The maximum Gasteiger partial charge on any atom is 0.227 e. The maximum atomic E-state index is 11.9. The summed E-state index contributed by atoms with van der Waals surface area (Å²) >= 11 is 6.19. The molecule has 0 saturated heterocycles. The quantitative estimate of drug-likeness (QED) is 0.751. The zero-order valence-corrected chi connectivity index (χ0v) is 13.4. The van der Waals surface area contributed by atoms with Crippen molar-refractivity contribution in [2.45, 2.75) is 19.8 Å². The number of fused-ring (bicyclic) bond motifs is 1. The van der Waals surface area contributed by atoms with Crippen LogP contribution in [-0.2, 0) is 4.79 Å².